The van der Waals surface area contributed by atoms with E-state index in [1.54, 1.807) is 4.90 Å². The molecule has 0 bridgehead atoms. The molecule has 1 heterocycles. The van der Waals surface area contributed by atoms with E-state index in [0.717, 1.165) is 0 Å². The first-order valence-electron chi connectivity index (χ1n) is 6.06. The van der Waals surface area contributed by atoms with E-state index < -0.39 is 10.0 Å². The summed E-state index contributed by atoms with van der Waals surface area (Å²) in [6.07, 6.45) is 0. The van der Waals surface area contributed by atoms with Gasteiger partial charge in [-0.1, -0.05) is 11.6 Å². The lowest BCUT2D eigenvalue weighted by molar-refractivity contribution is 0.0303. The van der Waals surface area contributed by atoms with Crippen LogP contribution in [0.4, 0.5) is 0 Å². The van der Waals surface area contributed by atoms with Gasteiger partial charge in [-0.3, -0.25) is 4.79 Å². The standard InChI is InChI=1S/C12H15ClN2O4S/c1-14-20(17,18)9-2-3-11(13)10(8-9)12(16)15-4-6-19-7-5-15/h2-3,8,14H,4-7H2,1H3. The number of halogens is 1. The highest BCUT2D eigenvalue weighted by molar-refractivity contribution is 7.89. The van der Waals surface area contributed by atoms with E-state index in [1.165, 1.54) is 25.2 Å². The van der Waals surface area contributed by atoms with Crippen LogP contribution >= 0.6 is 11.6 Å². The van der Waals surface area contributed by atoms with Gasteiger partial charge >= 0.3 is 0 Å². The summed E-state index contributed by atoms with van der Waals surface area (Å²) in [4.78, 5) is 14.0. The summed E-state index contributed by atoms with van der Waals surface area (Å²) in [7, 11) is -2.29. The first-order chi connectivity index (χ1) is 9.45. The van der Waals surface area contributed by atoms with E-state index in [1.807, 2.05) is 0 Å². The minimum absolute atomic E-state index is 0.0148. The Kier molecular flexibility index (Phi) is 4.64. The quantitative estimate of drug-likeness (QED) is 0.891. The van der Waals surface area contributed by atoms with E-state index >= 15 is 0 Å². The molecule has 0 unspecified atom stereocenters. The van der Waals surface area contributed by atoms with Crippen molar-refractivity contribution in [1.29, 1.82) is 0 Å². The predicted octanol–water partition coefficient (Wildman–Crippen LogP) is 0.720. The molecule has 0 spiro atoms. The fraction of sp³-hybridized carbons (Fsp3) is 0.417. The van der Waals surface area contributed by atoms with Gasteiger partial charge in [-0.25, -0.2) is 13.1 Å². The smallest absolute Gasteiger partial charge is 0.255 e. The number of carbonyl (C=O) groups is 1. The van der Waals surface area contributed by atoms with Crippen molar-refractivity contribution in [1.82, 2.24) is 9.62 Å². The van der Waals surface area contributed by atoms with Crippen LogP contribution in [0.2, 0.25) is 5.02 Å². The van der Waals surface area contributed by atoms with Crippen LogP contribution in [-0.4, -0.2) is 52.6 Å². The Labute approximate surface area is 122 Å². The molecular weight excluding hydrogens is 304 g/mol. The van der Waals surface area contributed by atoms with Gasteiger partial charge in [-0.15, -0.1) is 0 Å². The van der Waals surface area contributed by atoms with Crippen LogP contribution in [0.15, 0.2) is 23.1 Å². The minimum Gasteiger partial charge on any atom is -0.378 e. The molecule has 6 nitrogen and oxygen atoms in total. The number of hydrogen-bond acceptors (Lipinski definition) is 4. The molecule has 1 N–H and O–H groups in total. The average molecular weight is 319 g/mol. The molecule has 2 rings (SSSR count). The number of rotatable bonds is 3. The van der Waals surface area contributed by atoms with Crippen molar-refractivity contribution in [2.75, 3.05) is 33.4 Å². The molecule has 1 aromatic rings. The van der Waals surface area contributed by atoms with Crippen LogP contribution < -0.4 is 4.72 Å². The maximum Gasteiger partial charge on any atom is 0.255 e. The first kappa shape index (κ1) is 15.2. The SMILES string of the molecule is CNS(=O)(=O)c1ccc(Cl)c(C(=O)N2CCOCC2)c1. The molecule has 20 heavy (non-hydrogen) atoms. The molecule has 8 heteroatoms. The summed E-state index contributed by atoms with van der Waals surface area (Å²) in [6.45, 7) is 1.88. The highest BCUT2D eigenvalue weighted by atomic mass is 35.5. The summed E-state index contributed by atoms with van der Waals surface area (Å²) in [5.74, 6) is -0.286. The zero-order valence-electron chi connectivity index (χ0n) is 10.9. The van der Waals surface area contributed by atoms with Crippen molar-refractivity contribution in [3.8, 4) is 0 Å². The van der Waals surface area contributed by atoms with Crippen LogP contribution in [-0.2, 0) is 14.8 Å². The molecule has 1 aliphatic rings. The third kappa shape index (κ3) is 3.12. The molecule has 0 atom stereocenters. The highest BCUT2D eigenvalue weighted by Crippen LogP contribution is 2.22. The van der Waals surface area contributed by atoms with Crippen LogP contribution in [0.25, 0.3) is 0 Å². The Morgan fingerprint density at radius 1 is 1.35 bits per heavy atom. The highest BCUT2D eigenvalue weighted by Gasteiger charge is 2.23. The first-order valence-corrected chi connectivity index (χ1v) is 7.92. The van der Waals surface area contributed by atoms with E-state index in [4.69, 9.17) is 16.3 Å². The van der Waals surface area contributed by atoms with Gasteiger partial charge in [-0.2, -0.15) is 0 Å². The van der Waals surface area contributed by atoms with Gasteiger partial charge in [0.25, 0.3) is 5.91 Å². The van der Waals surface area contributed by atoms with Crippen LogP contribution in [0.3, 0.4) is 0 Å². The monoisotopic (exact) mass is 318 g/mol. The number of benzene rings is 1. The Hall–Kier alpha value is -1.15. The Balaban J connectivity index is 2.35. The largest absolute Gasteiger partial charge is 0.378 e. The molecule has 1 amide bonds. The summed E-state index contributed by atoms with van der Waals surface area (Å²) in [5.41, 5.74) is 0.185. The summed E-state index contributed by atoms with van der Waals surface area (Å²) in [5, 5.41) is 0.233. The lowest BCUT2D eigenvalue weighted by Gasteiger charge is -2.27. The minimum atomic E-state index is -3.61. The van der Waals surface area contributed by atoms with E-state index in [2.05, 4.69) is 4.72 Å². The van der Waals surface area contributed by atoms with Gasteiger partial charge in [0.05, 0.1) is 28.7 Å². The van der Waals surface area contributed by atoms with Crippen molar-refractivity contribution in [3.05, 3.63) is 28.8 Å². The second kappa shape index (κ2) is 6.09. The zero-order chi connectivity index (χ0) is 14.8. The summed E-state index contributed by atoms with van der Waals surface area (Å²) < 4.78 is 30.9. The molecule has 0 aromatic heterocycles. The zero-order valence-corrected chi connectivity index (χ0v) is 12.5. The molecule has 1 fully saturated rings. The second-order valence-corrected chi connectivity index (χ2v) is 6.55. The van der Waals surface area contributed by atoms with Crippen molar-refractivity contribution in [2.24, 2.45) is 0 Å². The third-order valence-corrected chi connectivity index (χ3v) is 4.79. The Morgan fingerprint density at radius 3 is 2.60 bits per heavy atom. The van der Waals surface area contributed by atoms with E-state index in [9.17, 15) is 13.2 Å². The number of nitrogens with one attached hydrogen (secondary N) is 1. The van der Waals surface area contributed by atoms with Crippen molar-refractivity contribution in [2.45, 2.75) is 4.90 Å². The molecular formula is C12H15ClN2O4S. The second-order valence-electron chi connectivity index (χ2n) is 4.25. The van der Waals surface area contributed by atoms with Gasteiger partial charge < -0.3 is 9.64 Å². The fourth-order valence-electron chi connectivity index (χ4n) is 1.89. The Bertz CT molecular complexity index is 612. The topological polar surface area (TPSA) is 75.7 Å². The van der Waals surface area contributed by atoms with Crippen molar-refractivity contribution in [3.63, 3.8) is 0 Å². The lowest BCUT2D eigenvalue weighted by atomic mass is 10.2. The molecule has 0 saturated carbocycles. The van der Waals surface area contributed by atoms with Gasteiger partial charge in [-0.05, 0) is 25.2 Å². The number of carbonyl (C=O) groups excluding carboxylic acids is 1. The van der Waals surface area contributed by atoms with E-state index in [-0.39, 0.29) is 21.4 Å². The molecule has 110 valence electrons. The molecule has 1 saturated heterocycles. The number of ether oxygens (including phenoxy) is 1. The van der Waals surface area contributed by atoms with E-state index in [0.29, 0.717) is 26.3 Å². The summed E-state index contributed by atoms with van der Waals surface area (Å²) >= 11 is 6.01. The number of nitrogens with zero attached hydrogens (tertiary/aromatic N) is 1. The predicted molar refractivity (Wildman–Crippen MR) is 74.4 cm³/mol. The lowest BCUT2D eigenvalue weighted by Crippen LogP contribution is -2.40. The Morgan fingerprint density at radius 2 is 2.00 bits per heavy atom. The molecule has 0 radical (unpaired) electrons. The molecule has 0 aliphatic carbocycles. The molecule has 1 aliphatic heterocycles. The number of sulfonamides is 1. The normalized spacial score (nSPS) is 16.2. The fourth-order valence-corrected chi connectivity index (χ4v) is 2.84. The van der Waals surface area contributed by atoms with Crippen molar-refractivity contribution < 1.29 is 17.9 Å². The van der Waals surface area contributed by atoms with Gasteiger partial charge in [0.2, 0.25) is 10.0 Å². The molecule has 1 aromatic carbocycles. The van der Waals surface area contributed by atoms with Gasteiger partial charge in [0, 0.05) is 13.1 Å². The average Bonchev–Trinajstić information content (AvgIpc) is 2.47. The van der Waals surface area contributed by atoms with Crippen LogP contribution in [0.1, 0.15) is 10.4 Å². The van der Waals surface area contributed by atoms with Gasteiger partial charge in [0.1, 0.15) is 0 Å². The van der Waals surface area contributed by atoms with Gasteiger partial charge in [0.15, 0.2) is 0 Å². The van der Waals surface area contributed by atoms with Crippen LogP contribution in [0, 0.1) is 0 Å². The number of morpholine rings is 1. The van der Waals surface area contributed by atoms with Crippen LogP contribution in [0.5, 0.6) is 0 Å². The summed E-state index contributed by atoms with van der Waals surface area (Å²) in [6, 6.07) is 4.08. The van der Waals surface area contributed by atoms with Crippen molar-refractivity contribution >= 4 is 27.5 Å². The number of hydrogen-bond donors (Lipinski definition) is 1. The maximum absolute atomic E-state index is 12.4. The third-order valence-electron chi connectivity index (χ3n) is 3.05. The number of amides is 1. The maximum atomic E-state index is 12.4.